The number of hydrogen-bond acceptors (Lipinski definition) is 6. The van der Waals surface area contributed by atoms with Gasteiger partial charge >= 0.3 is 0 Å². The number of nitrogens with zero attached hydrogens (tertiary/aromatic N) is 1. The van der Waals surface area contributed by atoms with Crippen LogP contribution in [0.5, 0.6) is 5.75 Å². The van der Waals surface area contributed by atoms with E-state index in [9.17, 15) is 22.4 Å². The quantitative estimate of drug-likeness (QED) is 0.726. The average molecular weight is 477 g/mol. The van der Waals surface area contributed by atoms with Crippen LogP contribution in [0.1, 0.15) is 41.6 Å². The van der Waals surface area contributed by atoms with Gasteiger partial charge in [0.1, 0.15) is 22.9 Å². The Labute approximate surface area is 189 Å². The lowest BCUT2D eigenvalue weighted by Gasteiger charge is -2.34. The van der Waals surface area contributed by atoms with Crippen molar-refractivity contribution in [3.05, 3.63) is 58.9 Å². The maximum Gasteiger partial charge on any atom is 0.286 e. The van der Waals surface area contributed by atoms with E-state index in [1.165, 1.54) is 6.07 Å². The Hall–Kier alpha value is -2.59. The topological polar surface area (TPSA) is 92.8 Å². The van der Waals surface area contributed by atoms with Gasteiger partial charge in [-0.2, -0.15) is 0 Å². The van der Waals surface area contributed by atoms with E-state index in [1.807, 2.05) is 18.2 Å². The number of imide groups is 1. The zero-order valence-electron chi connectivity index (χ0n) is 17.2. The number of thioether (sulfide) groups is 1. The minimum atomic E-state index is -3.61. The second-order valence-corrected chi connectivity index (χ2v) is 11.3. The Balaban J connectivity index is 1.41. The van der Waals surface area contributed by atoms with E-state index in [2.05, 4.69) is 5.32 Å². The third-order valence-corrected chi connectivity index (χ3v) is 8.49. The molecule has 2 heterocycles. The summed E-state index contributed by atoms with van der Waals surface area (Å²) in [6.45, 7) is 0.131. The fraction of sp³-hybridized carbons (Fsp3) is 0.364. The molecule has 3 aliphatic rings. The molecule has 0 aromatic heterocycles. The maximum absolute atomic E-state index is 14.6. The molecular weight excluding hydrogens is 455 g/mol. The standard InChI is InChI=1S/C22H21FN2O5S2/c1-32(28,29)25-10-9-18(16-3-2-4-17(23)19(16)25)30-13-6-8-14-12(11-13)5-7-15(14)20-21(26)24-22(27)31-20/h2-4,6,8,11,15,18,20H,5,7,9-10H2,1H3,(H,24,26,27)/t15-,18?,20?/m1/s1. The Bertz CT molecular complexity index is 1230. The number of aryl methyl sites for hydroxylation is 1. The first-order valence-electron chi connectivity index (χ1n) is 10.3. The van der Waals surface area contributed by atoms with Crippen molar-refractivity contribution in [3.8, 4) is 5.75 Å². The van der Waals surface area contributed by atoms with Gasteiger partial charge in [0.15, 0.2) is 0 Å². The Morgan fingerprint density at radius 2 is 1.97 bits per heavy atom. The van der Waals surface area contributed by atoms with E-state index in [0.29, 0.717) is 17.7 Å². The highest BCUT2D eigenvalue weighted by Gasteiger charge is 2.41. The summed E-state index contributed by atoms with van der Waals surface area (Å²) >= 11 is 1.04. The highest BCUT2D eigenvalue weighted by atomic mass is 32.2. The fourth-order valence-electron chi connectivity index (χ4n) is 4.82. The summed E-state index contributed by atoms with van der Waals surface area (Å²) in [5.41, 5.74) is 2.64. The van der Waals surface area contributed by atoms with E-state index in [0.717, 1.165) is 46.3 Å². The number of fused-ring (bicyclic) bond motifs is 2. The minimum absolute atomic E-state index is 0.0247. The van der Waals surface area contributed by atoms with Crippen LogP contribution in [0.2, 0.25) is 0 Å². The molecule has 1 fully saturated rings. The van der Waals surface area contributed by atoms with E-state index < -0.39 is 27.2 Å². The van der Waals surface area contributed by atoms with E-state index in [4.69, 9.17) is 4.74 Å². The van der Waals surface area contributed by atoms with Crippen molar-refractivity contribution >= 4 is 38.6 Å². The van der Waals surface area contributed by atoms with Gasteiger partial charge in [0.25, 0.3) is 5.24 Å². The van der Waals surface area contributed by atoms with Crippen molar-refractivity contribution in [2.24, 2.45) is 0 Å². The lowest BCUT2D eigenvalue weighted by Crippen LogP contribution is -2.37. The molecule has 2 amide bonds. The van der Waals surface area contributed by atoms with E-state index in [1.54, 1.807) is 12.1 Å². The lowest BCUT2D eigenvalue weighted by molar-refractivity contribution is -0.119. The molecule has 1 saturated heterocycles. The number of benzene rings is 2. The molecule has 32 heavy (non-hydrogen) atoms. The Morgan fingerprint density at radius 1 is 1.16 bits per heavy atom. The number of carbonyl (C=O) groups is 2. The first kappa shape index (κ1) is 21.3. The van der Waals surface area contributed by atoms with E-state index in [-0.39, 0.29) is 29.3 Å². The molecule has 2 unspecified atom stereocenters. The predicted octanol–water partition coefficient (Wildman–Crippen LogP) is 3.50. The zero-order valence-corrected chi connectivity index (χ0v) is 18.8. The predicted molar refractivity (Wildman–Crippen MR) is 119 cm³/mol. The third kappa shape index (κ3) is 3.65. The van der Waals surface area contributed by atoms with Crippen LogP contribution >= 0.6 is 11.8 Å². The van der Waals surface area contributed by atoms with Crippen LogP contribution in [0.4, 0.5) is 14.9 Å². The average Bonchev–Trinajstić information content (AvgIpc) is 3.29. The normalized spacial score (nSPS) is 24.8. The van der Waals surface area contributed by atoms with Crippen LogP contribution in [0.15, 0.2) is 36.4 Å². The van der Waals surface area contributed by atoms with Crippen LogP contribution in [-0.4, -0.2) is 37.6 Å². The molecule has 5 rings (SSSR count). The SMILES string of the molecule is CS(=O)(=O)N1CCC(Oc2ccc3c(c2)CC[C@H]3C2SC(=O)NC2=O)c2cccc(F)c21. The molecule has 3 atom stereocenters. The highest BCUT2D eigenvalue weighted by Crippen LogP contribution is 2.44. The zero-order chi connectivity index (χ0) is 22.6. The molecule has 0 spiro atoms. The number of nitrogens with one attached hydrogen (secondary N) is 1. The van der Waals surface area contributed by atoms with Gasteiger partial charge in [-0.1, -0.05) is 30.0 Å². The fourth-order valence-corrected chi connectivity index (χ4v) is 6.79. The molecule has 0 bridgehead atoms. The number of rotatable bonds is 4. The molecule has 168 valence electrons. The summed E-state index contributed by atoms with van der Waals surface area (Å²) < 4.78 is 46.2. The number of ether oxygens (including phenoxy) is 1. The van der Waals surface area contributed by atoms with Crippen molar-refractivity contribution in [2.75, 3.05) is 17.1 Å². The number of amides is 2. The van der Waals surface area contributed by atoms with Gasteiger partial charge in [0.2, 0.25) is 15.9 Å². The molecule has 1 N–H and O–H groups in total. The summed E-state index contributed by atoms with van der Waals surface area (Å²) in [6, 6.07) is 10.2. The number of halogens is 1. The molecular formula is C22H21FN2O5S2. The molecule has 0 radical (unpaired) electrons. The molecule has 2 aromatic carbocycles. The summed E-state index contributed by atoms with van der Waals surface area (Å²) in [5, 5.41) is 1.63. The summed E-state index contributed by atoms with van der Waals surface area (Å²) in [4.78, 5) is 23.7. The molecule has 0 saturated carbocycles. The van der Waals surface area contributed by atoms with Crippen molar-refractivity contribution in [1.29, 1.82) is 0 Å². The van der Waals surface area contributed by atoms with Crippen molar-refractivity contribution in [3.63, 3.8) is 0 Å². The second-order valence-electron chi connectivity index (χ2n) is 8.23. The van der Waals surface area contributed by atoms with E-state index >= 15 is 0 Å². The third-order valence-electron chi connectivity index (χ3n) is 6.21. The summed E-state index contributed by atoms with van der Waals surface area (Å²) in [6.07, 6.45) is 2.52. The molecule has 10 heteroatoms. The minimum Gasteiger partial charge on any atom is -0.486 e. The summed E-state index contributed by atoms with van der Waals surface area (Å²) in [5.74, 6) is -0.255. The molecule has 2 aliphatic heterocycles. The molecule has 1 aliphatic carbocycles. The number of sulfonamides is 1. The second kappa shape index (κ2) is 7.77. The Morgan fingerprint density at radius 3 is 2.69 bits per heavy atom. The largest absolute Gasteiger partial charge is 0.486 e. The molecule has 7 nitrogen and oxygen atoms in total. The smallest absolute Gasteiger partial charge is 0.286 e. The van der Waals surface area contributed by atoms with Crippen LogP contribution in [-0.2, 0) is 21.2 Å². The lowest BCUT2D eigenvalue weighted by atomic mass is 9.96. The van der Waals surface area contributed by atoms with Crippen LogP contribution in [0.25, 0.3) is 0 Å². The van der Waals surface area contributed by atoms with Gasteiger partial charge in [-0.25, -0.2) is 12.8 Å². The monoisotopic (exact) mass is 476 g/mol. The number of hydrogen-bond donors (Lipinski definition) is 1. The van der Waals surface area contributed by atoms with Crippen LogP contribution in [0, 0.1) is 5.82 Å². The maximum atomic E-state index is 14.6. The Kier molecular flexibility index (Phi) is 5.16. The van der Waals surface area contributed by atoms with Crippen molar-refractivity contribution < 1.29 is 27.1 Å². The first-order chi connectivity index (χ1) is 15.2. The van der Waals surface area contributed by atoms with Gasteiger partial charge in [0.05, 0.1) is 11.9 Å². The first-order valence-corrected chi connectivity index (χ1v) is 13.0. The number of carbonyl (C=O) groups excluding carboxylic acids is 2. The van der Waals surface area contributed by atoms with Gasteiger partial charge in [-0.3, -0.25) is 19.2 Å². The molecule has 2 aromatic rings. The van der Waals surface area contributed by atoms with Gasteiger partial charge < -0.3 is 4.74 Å². The van der Waals surface area contributed by atoms with Gasteiger partial charge in [0, 0.05) is 24.4 Å². The van der Waals surface area contributed by atoms with Crippen LogP contribution < -0.4 is 14.4 Å². The van der Waals surface area contributed by atoms with Crippen molar-refractivity contribution in [2.45, 2.75) is 36.5 Å². The highest BCUT2D eigenvalue weighted by molar-refractivity contribution is 8.15. The number of anilines is 1. The van der Waals surface area contributed by atoms with Crippen LogP contribution in [0.3, 0.4) is 0 Å². The number of para-hydroxylation sites is 1. The van der Waals surface area contributed by atoms with Crippen molar-refractivity contribution in [1.82, 2.24) is 5.32 Å². The van der Waals surface area contributed by atoms with Gasteiger partial charge in [-0.15, -0.1) is 0 Å². The van der Waals surface area contributed by atoms with Gasteiger partial charge in [-0.05, 0) is 42.2 Å². The summed E-state index contributed by atoms with van der Waals surface area (Å²) in [7, 11) is -3.61.